The Morgan fingerprint density at radius 1 is 1.00 bits per heavy atom. The van der Waals surface area contributed by atoms with Crippen molar-refractivity contribution < 1.29 is 39.5 Å². The SMILES string of the molecule is NS(=O)(=O)c1ccc(NCC#Cc2sc3c(NC4CCN(C5CC5)CC4)cccc3c2CC(F)(F)F)c(OCC(F)(F)F)c1. The second-order valence-electron chi connectivity index (χ2n) is 10.8. The number of halogens is 6. The molecule has 1 aliphatic heterocycles. The van der Waals surface area contributed by atoms with E-state index in [-0.39, 0.29) is 28.7 Å². The van der Waals surface area contributed by atoms with E-state index in [4.69, 9.17) is 9.88 Å². The topological polar surface area (TPSA) is 96.7 Å². The molecule has 0 amide bonds. The first-order valence-corrected chi connectivity index (χ1v) is 16.2. The molecular weight excluding hydrogens is 630 g/mol. The van der Waals surface area contributed by atoms with Crippen LogP contribution >= 0.6 is 11.3 Å². The Morgan fingerprint density at radius 2 is 1.73 bits per heavy atom. The molecule has 2 aromatic carbocycles. The van der Waals surface area contributed by atoms with Gasteiger partial charge in [-0.3, -0.25) is 0 Å². The molecule has 7 nitrogen and oxygen atoms in total. The van der Waals surface area contributed by atoms with E-state index in [9.17, 15) is 34.8 Å². The van der Waals surface area contributed by atoms with E-state index in [1.807, 2.05) is 6.07 Å². The summed E-state index contributed by atoms with van der Waals surface area (Å²) in [6.07, 6.45) is -5.96. The number of ether oxygens (including phenoxy) is 1. The first kappa shape index (κ1) is 32.2. The fourth-order valence-electron chi connectivity index (χ4n) is 5.20. The van der Waals surface area contributed by atoms with Crippen LogP contribution in [0, 0.1) is 11.8 Å². The Hall–Kier alpha value is -3.19. The summed E-state index contributed by atoms with van der Waals surface area (Å²) in [5, 5.41) is 11.8. The van der Waals surface area contributed by atoms with E-state index < -0.39 is 46.0 Å². The standard InChI is InChI=1S/C29H30F6N4O3S2/c30-28(31,32)16-22-21-3-1-4-24(38-18-10-13-39(14-11-18)19-6-7-19)27(21)43-26(22)5-2-12-37-23-9-8-20(44(36,40)41)15-25(23)42-17-29(33,34)35/h1,3-4,8-9,15,18-19,37-38H,6-7,10-14,16-17H2,(H2,36,40,41). The number of nitrogens with two attached hydrogens (primary N) is 1. The zero-order valence-corrected chi connectivity index (χ0v) is 24.9. The van der Waals surface area contributed by atoms with Gasteiger partial charge in [0.15, 0.2) is 6.61 Å². The van der Waals surface area contributed by atoms with Crippen LogP contribution in [0.4, 0.5) is 37.7 Å². The van der Waals surface area contributed by atoms with Gasteiger partial charge in [-0.25, -0.2) is 13.6 Å². The number of hydrogen-bond acceptors (Lipinski definition) is 7. The summed E-state index contributed by atoms with van der Waals surface area (Å²) >= 11 is 1.16. The lowest BCUT2D eigenvalue weighted by molar-refractivity contribution is -0.153. The van der Waals surface area contributed by atoms with E-state index in [0.717, 1.165) is 55.1 Å². The number of anilines is 2. The van der Waals surface area contributed by atoms with Gasteiger partial charge in [0, 0.05) is 31.2 Å². The van der Waals surface area contributed by atoms with Crippen molar-refractivity contribution in [3.63, 3.8) is 0 Å². The first-order valence-electron chi connectivity index (χ1n) is 13.9. The molecule has 238 valence electrons. The number of nitrogens with zero attached hydrogens (tertiary/aromatic N) is 1. The predicted octanol–water partition coefficient (Wildman–Crippen LogP) is 6.10. The molecule has 2 aliphatic rings. The zero-order chi connectivity index (χ0) is 31.7. The average molecular weight is 661 g/mol. The normalized spacial score (nSPS) is 16.9. The minimum atomic E-state index is -4.69. The number of rotatable bonds is 9. The summed E-state index contributed by atoms with van der Waals surface area (Å²) in [5.41, 5.74) is 0.819. The fraction of sp³-hybridized carbons (Fsp3) is 0.448. The number of primary sulfonamides is 1. The smallest absolute Gasteiger partial charge is 0.422 e. The number of sulfonamides is 1. The Balaban J connectivity index is 1.36. The third-order valence-corrected chi connectivity index (χ3v) is 9.50. The quantitative estimate of drug-likeness (QED) is 0.190. The molecular formula is C29H30F6N4O3S2. The summed E-state index contributed by atoms with van der Waals surface area (Å²) in [6, 6.07) is 9.25. The van der Waals surface area contributed by atoms with Gasteiger partial charge in [-0.05, 0) is 54.8 Å². The van der Waals surface area contributed by atoms with E-state index in [1.165, 1.54) is 18.9 Å². The molecule has 0 spiro atoms. The van der Waals surface area contributed by atoms with Crippen molar-refractivity contribution >= 4 is 42.8 Å². The molecule has 0 bridgehead atoms. The highest BCUT2D eigenvalue weighted by Crippen LogP contribution is 2.40. The van der Waals surface area contributed by atoms with Crippen molar-refractivity contribution in [3.05, 3.63) is 46.8 Å². The van der Waals surface area contributed by atoms with Crippen molar-refractivity contribution in [1.29, 1.82) is 0 Å². The van der Waals surface area contributed by atoms with Crippen LogP contribution in [0.25, 0.3) is 10.1 Å². The molecule has 1 saturated carbocycles. The van der Waals surface area contributed by atoms with Crippen LogP contribution in [0.2, 0.25) is 0 Å². The van der Waals surface area contributed by atoms with Crippen LogP contribution in [0.15, 0.2) is 41.3 Å². The minimum Gasteiger partial charge on any atom is -0.482 e. The van der Waals surface area contributed by atoms with Crippen LogP contribution in [0.3, 0.4) is 0 Å². The van der Waals surface area contributed by atoms with Gasteiger partial charge in [-0.15, -0.1) is 11.3 Å². The lowest BCUT2D eigenvalue weighted by atomic mass is 10.0. The van der Waals surface area contributed by atoms with Gasteiger partial charge in [0.1, 0.15) is 5.75 Å². The highest BCUT2D eigenvalue weighted by atomic mass is 32.2. The number of thiophene rings is 1. The van der Waals surface area contributed by atoms with Gasteiger partial charge < -0.3 is 20.3 Å². The van der Waals surface area contributed by atoms with Gasteiger partial charge in [-0.1, -0.05) is 24.0 Å². The summed E-state index contributed by atoms with van der Waals surface area (Å²) in [4.78, 5) is 2.27. The van der Waals surface area contributed by atoms with Crippen molar-refractivity contribution in [3.8, 4) is 17.6 Å². The van der Waals surface area contributed by atoms with Gasteiger partial charge in [-0.2, -0.15) is 26.3 Å². The van der Waals surface area contributed by atoms with E-state index in [0.29, 0.717) is 16.1 Å². The molecule has 0 atom stereocenters. The van der Waals surface area contributed by atoms with Gasteiger partial charge in [0.25, 0.3) is 0 Å². The number of hydrogen-bond donors (Lipinski definition) is 3. The Labute approximate surface area is 254 Å². The number of fused-ring (bicyclic) bond motifs is 1. The predicted molar refractivity (Wildman–Crippen MR) is 158 cm³/mol. The molecule has 2 fully saturated rings. The van der Waals surface area contributed by atoms with E-state index in [2.05, 4.69) is 27.4 Å². The number of benzene rings is 2. The number of alkyl halides is 6. The average Bonchev–Trinajstić information content (AvgIpc) is 3.73. The van der Waals surface area contributed by atoms with Crippen LogP contribution < -0.4 is 20.5 Å². The molecule has 2 heterocycles. The second-order valence-corrected chi connectivity index (χ2v) is 13.4. The maximum Gasteiger partial charge on any atom is 0.422 e. The minimum absolute atomic E-state index is 0.00188. The van der Waals surface area contributed by atoms with Gasteiger partial charge >= 0.3 is 12.4 Å². The summed E-state index contributed by atoms with van der Waals surface area (Å²) in [7, 11) is -4.22. The molecule has 1 saturated heterocycles. The molecule has 4 N–H and O–H groups in total. The Kier molecular flexibility index (Phi) is 9.27. The lowest BCUT2D eigenvalue weighted by Gasteiger charge is -2.33. The largest absolute Gasteiger partial charge is 0.482 e. The Bertz CT molecular complexity index is 1670. The van der Waals surface area contributed by atoms with Crippen LogP contribution in [0.1, 0.15) is 36.1 Å². The second kappa shape index (κ2) is 12.7. The third kappa shape index (κ3) is 8.50. The van der Waals surface area contributed by atoms with Crippen molar-refractivity contribution in [2.45, 2.75) is 61.4 Å². The monoisotopic (exact) mass is 660 g/mol. The molecule has 0 radical (unpaired) electrons. The zero-order valence-electron chi connectivity index (χ0n) is 23.3. The van der Waals surface area contributed by atoms with Crippen LogP contribution in [-0.4, -0.2) is 64.0 Å². The molecule has 15 heteroatoms. The fourth-order valence-corrected chi connectivity index (χ4v) is 6.90. The molecule has 0 unspecified atom stereocenters. The maximum absolute atomic E-state index is 13.6. The summed E-state index contributed by atoms with van der Waals surface area (Å²) in [5.74, 6) is 5.11. The molecule has 1 aromatic heterocycles. The summed E-state index contributed by atoms with van der Waals surface area (Å²) < 4.78 is 108. The number of nitrogens with one attached hydrogen (secondary N) is 2. The van der Waals surface area contributed by atoms with Crippen molar-refractivity contribution in [2.24, 2.45) is 5.14 Å². The summed E-state index contributed by atoms with van der Waals surface area (Å²) in [6.45, 7) is 0.112. The van der Waals surface area contributed by atoms with Crippen LogP contribution in [0.5, 0.6) is 5.75 Å². The molecule has 1 aliphatic carbocycles. The number of likely N-dealkylation sites (tertiary alicyclic amines) is 1. The Morgan fingerprint density at radius 3 is 2.36 bits per heavy atom. The molecule has 5 rings (SSSR count). The van der Waals surface area contributed by atoms with E-state index in [1.54, 1.807) is 12.1 Å². The van der Waals surface area contributed by atoms with Crippen molar-refractivity contribution in [1.82, 2.24) is 4.90 Å². The number of piperidine rings is 1. The lowest BCUT2D eigenvalue weighted by Crippen LogP contribution is -2.40. The van der Waals surface area contributed by atoms with Crippen LogP contribution in [-0.2, 0) is 16.4 Å². The maximum atomic E-state index is 13.6. The van der Waals surface area contributed by atoms with Crippen molar-refractivity contribution in [2.75, 3.05) is 36.9 Å². The third-order valence-electron chi connectivity index (χ3n) is 7.39. The highest BCUT2D eigenvalue weighted by Gasteiger charge is 2.33. The molecule has 44 heavy (non-hydrogen) atoms. The highest BCUT2D eigenvalue weighted by molar-refractivity contribution is 7.89. The first-order chi connectivity index (χ1) is 20.7. The van der Waals surface area contributed by atoms with Gasteiger partial charge in [0.05, 0.1) is 38.8 Å². The van der Waals surface area contributed by atoms with Gasteiger partial charge in [0.2, 0.25) is 10.0 Å². The van der Waals surface area contributed by atoms with E-state index >= 15 is 0 Å². The molecule has 3 aromatic rings.